The van der Waals surface area contributed by atoms with Gasteiger partial charge in [0.15, 0.2) is 0 Å². The summed E-state index contributed by atoms with van der Waals surface area (Å²) in [4.78, 5) is 16.2. The first-order valence-corrected chi connectivity index (χ1v) is 6.11. The maximum Gasteiger partial charge on any atom is 0.251 e. The molecule has 1 aliphatic heterocycles. The van der Waals surface area contributed by atoms with E-state index in [2.05, 4.69) is 15.6 Å². The van der Waals surface area contributed by atoms with Gasteiger partial charge in [0.1, 0.15) is 0 Å². The van der Waals surface area contributed by atoms with Crippen LogP contribution in [-0.4, -0.2) is 30.0 Å². The Labute approximate surface area is 102 Å². The van der Waals surface area contributed by atoms with Crippen molar-refractivity contribution in [1.29, 1.82) is 0 Å². The number of hydrogen-bond acceptors (Lipinski definition) is 3. The van der Waals surface area contributed by atoms with E-state index in [0.717, 1.165) is 29.8 Å². The molecular formula is C13H19N3O. The van der Waals surface area contributed by atoms with Gasteiger partial charge in [-0.15, -0.1) is 0 Å². The lowest BCUT2D eigenvalue weighted by atomic mass is 10.1. The quantitative estimate of drug-likeness (QED) is 0.824. The third-order valence-corrected chi connectivity index (χ3v) is 3.16. The number of pyridine rings is 1. The Morgan fingerprint density at radius 2 is 2.41 bits per heavy atom. The number of aryl methyl sites for hydroxylation is 2. The molecule has 1 amide bonds. The number of carbonyl (C=O) groups is 1. The van der Waals surface area contributed by atoms with Crippen molar-refractivity contribution in [2.24, 2.45) is 0 Å². The summed E-state index contributed by atoms with van der Waals surface area (Å²) in [5.41, 5.74) is 2.53. The van der Waals surface area contributed by atoms with Gasteiger partial charge in [0.25, 0.3) is 5.91 Å². The Kier molecular flexibility index (Phi) is 3.74. The van der Waals surface area contributed by atoms with Gasteiger partial charge < -0.3 is 10.6 Å². The number of aromatic nitrogens is 1. The summed E-state index contributed by atoms with van der Waals surface area (Å²) in [5, 5.41) is 6.34. The second-order valence-corrected chi connectivity index (χ2v) is 4.64. The number of amides is 1. The molecule has 1 aromatic heterocycles. The maximum atomic E-state index is 12.0. The Morgan fingerprint density at radius 1 is 1.59 bits per heavy atom. The minimum absolute atomic E-state index is 0.00157. The van der Waals surface area contributed by atoms with Crippen LogP contribution in [0.1, 0.15) is 34.5 Å². The topological polar surface area (TPSA) is 54.0 Å². The van der Waals surface area contributed by atoms with E-state index in [9.17, 15) is 4.79 Å². The van der Waals surface area contributed by atoms with Crippen LogP contribution in [0, 0.1) is 13.8 Å². The monoisotopic (exact) mass is 233 g/mol. The van der Waals surface area contributed by atoms with Gasteiger partial charge in [0, 0.05) is 30.0 Å². The van der Waals surface area contributed by atoms with Crippen molar-refractivity contribution in [2.75, 3.05) is 13.1 Å². The first-order valence-electron chi connectivity index (χ1n) is 6.11. The zero-order valence-corrected chi connectivity index (χ0v) is 10.4. The van der Waals surface area contributed by atoms with E-state index in [4.69, 9.17) is 0 Å². The van der Waals surface area contributed by atoms with Crippen molar-refractivity contribution in [2.45, 2.75) is 32.7 Å². The second kappa shape index (κ2) is 5.27. The van der Waals surface area contributed by atoms with Gasteiger partial charge in [-0.3, -0.25) is 9.78 Å². The summed E-state index contributed by atoms with van der Waals surface area (Å²) < 4.78 is 0. The fraction of sp³-hybridized carbons (Fsp3) is 0.538. The van der Waals surface area contributed by atoms with E-state index in [1.807, 2.05) is 19.9 Å². The van der Waals surface area contributed by atoms with Crippen molar-refractivity contribution >= 4 is 5.91 Å². The highest BCUT2D eigenvalue weighted by Gasteiger charge is 2.16. The molecule has 0 saturated carbocycles. The molecule has 0 aromatic carbocycles. The van der Waals surface area contributed by atoms with Gasteiger partial charge in [0.2, 0.25) is 0 Å². The van der Waals surface area contributed by atoms with Crippen LogP contribution >= 0.6 is 0 Å². The van der Waals surface area contributed by atoms with E-state index in [1.54, 1.807) is 6.20 Å². The van der Waals surface area contributed by atoms with Crippen LogP contribution < -0.4 is 10.6 Å². The number of nitrogens with one attached hydrogen (secondary N) is 2. The van der Waals surface area contributed by atoms with Crippen molar-refractivity contribution in [3.8, 4) is 0 Å². The zero-order valence-electron chi connectivity index (χ0n) is 10.4. The molecule has 1 fully saturated rings. The molecule has 17 heavy (non-hydrogen) atoms. The predicted octanol–water partition coefficient (Wildman–Crippen LogP) is 1.18. The fourth-order valence-electron chi connectivity index (χ4n) is 2.11. The molecule has 4 heteroatoms. The predicted molar refractivity (Wildman–Crippen MR) is 67.1 cm³/mol. The van der Waals surface area contributed by atoms with E-state index >= 15 is 0 Å². The van der Waals surface area contributed by atoms with Crippen molar-refractivity contribution in [3.63, 3.8) is 0 Å². The van der Waals surface area contributed by atoms with Gasteiger partial charge in [0.05, 0.1) is 0 Å². The third kappa shape index (κ3) is 3.03. The molecule has 1 aliphatic rings. The van der Waals surface area contributed by atoms with Crippen LogP contribution in [-0.2, 0) is 0 Å². The first-order chi connectivity index (χ1) is 8.16. The molecule has 92 valence electrons. The van der Waals surface area contributed by atoms with Crippen molar-refractivity contribution in [3.05, 3.63) is 29.1 Å². The molecule has 0 aliphatic carbocycles. The van der Waals surface area contributed by atoms with Crippen molar-refractivity contribution in [1.82, 2.24) is 15.6 Å². The fourth-order valence-corrected chi connectivity index (χ4v) is 2.11. The summed E-state index contributed by atoms with van der Waals surface area (Å²) in [6, 6.07) is 2.27. The molecular weight excluding hydrogens is 214 g/mol. The lowest BCUT2D eigenvalue weighted by molar-refractivity contribution is 0.0949. The lowest BCUT2D eigenvalue weighted by Gasteiger charge is -2.12. The summed E-state index contributed by atoms with van der Waals surface area (Å²) in [7, 11) is 0. The number of rotatable bonds is 3. The minimum atomic E-state index is 0.00157. The van der Waals surface area contributed by atoms with Crippen molar-refractivity contribution < 1.29 is 4.79 Å². The van der Waals surface area contributed by atoms with Crippen LogP contribution in [0.4, 0.5) is 0 Å². The van der Waals surface area contributed by atoms with Gasteiger partial charge >= 0.3 is 0 Å². The zero-order chi connectivity index (χ0) is 12.3. The third-order valence-electron chi connectivity index (χ3n) is 3.16. The molecule has 2 heterocycles. The van der Waals surface area contributed by atoms with Crippen LogP contribution in [0.25, 0.3) is 0 Å². The summed E-state index contributed by atoms with van der Waals surface area (Å²) in [6.45, 7) is 5.58. The Morgan fingerprint density at radius 3 is 3.12 bits per heavy atom. The van der Waals surface area contributed by atoms with Crippen LogP contribution in [0.3, 0.4) is 0 Å². The largest absolute Gasteiger partial charge is 0.350 e. The standard InChI is InChI=1S/C13H19N3O/c1-9-7-15-10(2)6-12(9)13(17)16-8-11-4-3-5-14-11/h6-7,11,14H,3-5,8H2,1-2H3,(H,16,17)/t11-/m1/s1. The number of nitrogens with zero attached hydrogens (tertiary/aromatic N) is 1. The molecule has 1 atom stereocenters. The molecule has 4 nitrogen and oxygen atoms in total. The van der Waals surface area contributed by atoms with Gasteiger partial charge in [-0.25, -0.2) is 0 Å². The number of hydrogen-bond donors (Lipinski definition) is 2. The average molecular weight is 233 g/mol. The average Bonchev–Trinajstić information content (AvgIpc) is 2.82. The second-order valence-electron chi connectivity index (χ2n) is 4.64. The molecule has 0 bridgehead atoms. The van der Waals surface area contributed by atoms with Gasteiger partial charge in [-0.05, 0) is 44.9 Å². The first kappa shape index (κ1) is 12.0. The normalized spacial score (nSPS) is 19.3. The van der Waals surface area contributed by atoms with E-state index in [-0.39, 0.29) is 5.91 Å². The molecule has 0 spiro atoms. The molecule has 2 N–H and O–H groups in total. The lowest BCUT2D eigenvalue weighted by Crippen LogP contribution is -2.37. The molecule has 1 aromatic rings. The minimum Gasteiger partial charge on any atom is -0.350 e. The Bertz CT molecular complexity index is 411. The van der Waals surface area contributed by atoms with E-state index in [0.29, 0.717) is 12.6 Å². The summed E-state index contributed by atoms with van der Waals surface area (Å²) >= 11 is 0. The summed E-state index contributed by atoms with van der Waals surface area (Å²) in [6.07, 6.45) is 4.10. The van der Waals surface area contributed by atoms with Crippen LogP contribution in [0.5, 0.6) is 0 Å². The molecule has 0 radical (unpaired) electrons. The Balaban J connectivity index is 1.96. The summed E-state index contributed by atoms with van der Waals surface area (Å²) in [5.74, 6) is 0.00157. The van der Waals surface area contributed by atoms with E-state index < -0.39 is 0 Å². The highest BCUT2D eigenvalue weighted by atomic mass is 16.1. The highest BCUT2D eigenvalue weighted by Crippen LogP contribution is 2.08. The van der Waals surface area contributed by atoms with Gasteiger partial charge in [-0.1, -0.05) is 0 Å². The number of carbonyl (C=O) groups excluding carboxylic acids is 1. The highest BCUT2D eigenvalue weighted by molar-refractivity contribution is 5.95. The molecule has 2 rings (SSSR count). The Hall–Kier alpha value is -1.42. The van der Waals surface area contributed by atoms with Crippen LogP contribution in [0.2, 0.25) is 0 Å². The maximum absolute atomic E-state index is 12.0. The molecule has 0 unspecified atom stereocenters. The van der Waals surface area contributed by atoms with Gasteiger partial charge in [-0.2, -0.15) is 0 Å². The molecule has 1 saturated heterocycles. The smallest absolute Gasteiger partial charge is 0.251 e. The SMILES string of the molecule is Cc1cc(C(=O)NC[C@H]2CCCN2)c(C)cn1. The van der Waals surface area contributed by atoms with E-state index in [1.165, 1.54) is 6.42 Å². The van der Waals surface area contributed by atoms with Crippen LogP contribution in [0.15, 0.2) is 12.3 Å².